The number of nitrogens with one attached hydrogen (secondary N) is 2. The number of halogens is 1. The molecular weight excluding hydrogens is 290 g/mol. The van der Waals surface area contributed by atoms with Gasteiger partial charge in [0, 0.05) is 31.2 Å². The third-order valence-corrected chi connectivity index (χ3v) is 3.75. The lowest BCUT2D eigenvalue weighted by Crippen LogP contribution is -2.53. The van der Waals surface area contributed by atoms with Gasteiger partial charge in [0.25, 0.3) is 11.5 Å². The van der Waals surface area contributed by atoms with E-state index in [-0.39, 0.29) is 35.5 Å². The van der Waals surface area contributed by atoms with E-state index in [0.29, 0.717) is 6.54 Å². The number of fused-ring (bicyclic) bond motifs is 1. The summed E-state index contributed by atoms with van der Waals surface area (Å²) in [6.07, 6.45) is 0. The number of aromatic nitrogens is 1. The first-order valence-corrected chi connectivity index (χ1v) is 6.80. The molecule has 1 aliphatic heterocycles. The molecule has 1 aliphatic rings. The molecule has 0 bridgehead atoms. The SMILES string of the molecule is C[C@H]1CNCCN1C(=O)c1cc2ccccc2[nH]c1=O.Cl. The number of nitrogens with zero attached hydrogens (tertiary/aromatic N) is 1. The number of carbonyl (C=O) groups is 1. The monoisotopic (exact) mass is 307 g/mol. The average molecular weight is 308 g/mol. The molecule has 0 spiro atoms. The number of pyridine rings is 1. The Balaban J connectivity index is 0.00000161. The summed E-state index contributed by atoms with van der Waals surface area (Å²) in [5.41, 5.74) is 0.652. The average Bonchev–Trinajstić information content (AvgIpc) is 2.46. The predicted octanol–water partition coefficient (Wildman–Crippen LogP) is 1.38. The van der Waals surface area contributed by atoms with E-state index in [1.165, 1.54) is 0 Å². The van der Waals surface area contributed by atoms with Crippen LogP contribution in [-0.4, -0.2) is 41.5 Å². The summed E-state index contributed by atoms with van der Waals surface area (Å²) in [6, 6.07) is 9.26. The molecule has 2 N–H and O–H groups in total. The highest BCUT2D eigenvalue weighted by molar-refractivity contribution is 5.97. The Morgan fingerprint density at radius 2 is 2.10 bits per heavy atom. The van der Waals surface area contributed by atoms with Gasteiger partial charge in [-0.1, -0.05) is 18.2 Å². The Labute approximate surface area is 128 Å². The molecule has 1 saturated heterocycles. The van der Waals surface area contributed by atoms with Gasteiger partial charge >= 0.3 is 0 Å². The molecule has 5 nitrogen and oxygen atoms in total. The molecule has 1 aromatic heterocycles. The van der Waals surface area contributed by atoms with E-state index in [1.54, 1.807) is 11.0 Å². The lowest BCUT2D eigenvalue weighted by Gasteiger charge is -2.33. The van der Waals surface area contributed by atoms with E-state index in [2.05, 4.69) is 10.3 Å². The second-order valence-electron chi connectivity index (χ2n) is 5.15. The van der Waals surface area contributed by atoms with E-state index in [4.69, 9.17) is 0 Å². The Hall–Kier alpha value is -1.85. The highest BCUT2D eigenvalue weighted by Gasteiger charge is 2.25. The van der Waals surface area contributed by atoms with Crippen LogP contribution in [0.4, 0.5) is 0 Å². The fraction of sp³-hybridized carbons (Fsp3) is 0.333. The number of hydrogen-bond donors (Lipinski definition) is 2. The third kappa shape index (κ3) is 2.94. The van der Waals surface area contributed by atoms with Crippen molar-refractivity contribution in [2.45, 2.75) is 13.0 Å². The van der Waals surface area contributed by atoms with E-state index in [0.717, 1.165) is 24.0 Å². The van der Waals surface area contributed by atoms with Crippen LogP contribution in [-0.2, 0) is 0 Å². The summed E-state index contributed by atoms with van der Waals surface area (Å²) in [5, 5.41) is 4.11. The van der Waals surface area contributed by atoms with Crippen LogP contribution in [0.15, 0.2) is 35.1 Å². The zero-order chi connectivity index (χ0) is 14.1. The van der Waals surface area contributed by atoms with Crippen LogP contribution in [0.25, 0.3) is 10.9 Å². The topological polar surface area (TPSA) is 65.2 Å². The first-order valence-electron chi connectivity index (χ1n) is 6.80. The molecular formula is C15H18ClN3O2. The first-order chi connectivity index (χ1) is 9.66. The Morgan fingerprint density at radius 1 is 1.33 bits per heavy atom. The lowest BCUT2D eigenvalue weighted by atomic mass is 10.1. The summed E-state index contributed by atoms with van der Waals surface area (Å²) in [4.78, 5) is 29.2. The molecule has 0 unspecified atom stereocenters. The molecule has 21 heavy (non-hydrogen) atoms. The van der Waals surface area contributed by atoms with Gasteiger partial charge in [-0.3, -0.25) is 9.59 Å². The van der Waals surface area contributed by atoms with Crippen molar-refractivity contribution in [3.63, 3.8) is 0 Å². The van der Waals surface area contributed by atoms with E-state index in [1.807, 2.05) is 31.2 Å². The fourth-order valence-corrected chi connectivity index (χ4v) is 2.60. The van der Waals surface area contributed by atoms with Crippen molar-refractivity contribution in [3.8, 4) is 0 Å². The minimum Gasteiger partial charge on any atom is -0.333 e. The molecule has 112 valence electrons. The van der Waals surface area contributed by atoms with Crippen molar-refractivity contribution < 1.29 is 4.79 Å². The lowest BCUT2D eigenvalue weighted by molar-refractivity contribution is 0.0654. The minimum absolute atomic E-state index is 0. The first kappa shape index (κ1) is 15.5. The van der Waals surface area contributed by atoms with Crippen molar-refractivity contribution in [2.75, 3.05) is 19.6 Å². The number of para-hydroxylation sites is 1. The second kappa shape index (κ2) is 6.28. The number of H-pyrrole nitrogens is 1. The third-order valence-electron chi connectivity index (χ3n) is 3.75. The van der Waals surface area contributed by atoms with E-state index >= 15 is 0 Å². The Morgan fingerprint density at radius 3 is 2.86 bits per heavy atom. The van der Waals surface area contributed by atoms with Gasteiger partial charge in [0.05, 0.1) is 0 Å². The maximum absolute atomic E-state index is 12.6. The van der Waals surface area contributed by atoms with Crippen molar-refractivity contribution in [1.82, 2.24) is 15.2 Å². The molecule has 3 rings (SSSR count). The molecule has 1 aromatic carbocycles. The second-order valence-corrected chi connectivity index (χ2v) is 5.15. The quantitative estimate of drug-likeness (QED) is 0.836. The molecule has 1 fully saturated rings. The minimum atomic E-state index is -0.320. The molecule has 0 saturated carbocycles. The van der Waals surface area contributed by atoms with Crippen LogP contribution in [0.2, 0.25) is 0 Å². The summed E-state index contributed by atoms with van der Waals surface area (Å²) in [6.45, 7) is 4.14. The number of hydrogen-bond acceptors (Lipinski definition) is 3. The highest BCUT2D eigenvalue weighted by atomic mass is 35.5. The normalized spacial score (nSPS) is 18.3. The van der Waals surface area contributed by atoms with E-state index < -0.39 is 0 Å². The van der Waals surface area contributed by atoms with Crippen LogP contribution in [0.3, 0.4) is 0 Å². The van der Waals surface area contributed by atoms with E-state index in [9.17, 15) is 9.59 Å². The maximum Gasteiger partial charge on any atom is 0.261 e. The van der Waals surface area contributed by atoms with Crippen molar-refractivity contribution in [2.24, 2.45) is 0 Å². The van der Waals surface area contributed by atoms with Gasteiger partial charge in [-0.2, -0.15) is 0 Å². The summed E-state index contributed by atoms with van der Waals surface area (Å²) < 4.78 is 0. The zero-order valence-corrected chi connectivity index (χ0v) is 12.6. The zero-order valence-electron chi connectivity index (χ0n) is 11.8. The summed E-state index contributed by atoms with van der Waals surface area (Å²) >= 11 is 0. The maximum atomic E-state index is 12.6. The van der Waals surface area contributed by atoms with Gasteiger partial charge in [0.2, 0.25) is 0 Å². The van der Waals surface area contributed by atoms with Crippen molar-refractivity contribution in [1.29, 1.82) is 0 Å². The number of amides is 1. The van der Waals surface area contributed by atoms with Gasteiger partial charge in [0.1, 0.15) is 5.56 Å². The molecule has 2 heterocycles. The fourth-order valence-electron chi connectivity index (χ4n) is 2.60. The number of rotatable bonds is 1. The van der Waals surface area contributed by atoms with Gasteiger partial charge in [-0.05, 0) is 24.4 Å². The smallest absolute Gasteiger partial charge is 0.261 e. The number of carbonyl (C=O) groups excluding carboxylic acids is 1. The van der Waals surface area contributed by atoms with Gasteiger partial charge < -0.3 is 15.2 Å². The predicted molar refractivity (Wildman–Crippen MR) is 85.2 cm³/mol. The summed E-state index contributed by atoms with van der Waals surface area (Å²) in [5.74, 6) is -0.189. The van der Waals surface area contributed by atoms with Crippen LogP contribution in [0, 0.1) is 0 Å². The molecule has 2 aromatic rings. The number of aromatic amines is 1. The van der Waals surface area contributed by atoms with Gasteiger partial charge in [-0.25, -0.2) is 0 Å². The van der Waals surface area contributed by atoms with Crippen LogP contribution in [0.5, 0.6) is 0 Å². The van der Waals surface area contributed by atoms with Gasteiger partial charge in [0.15, 0.2) is 0 Å². The number of piperazine rings is 1. The molecule has 0 aliphatic carbocycles. The molecule has 6 heteroatoms. The van der Waals surface area contributed by atoms with Crippen LogP contribution >= 0.6 is 12.4 Å². The van der Waals surface area contributed by atoms with Crippen LogP contribution < -0.4 is 10.9 Å². The Kier molecular flexibility index (Phi) is 4.65. The number of benzene rings is 1. The Bertz CT molecular complexity index is 713. The van der Waals surface area contributed by atoms with Gasteiger partial charge in [-0.15, -0.1) is 12.4 Å². The molecule has 1 atom stereocenters. The standard InChI is InChI=1S/C15H17N3O2.ClH/c1-10-9-16-6-7-18(10)15(20)12-8-11-4-2-3-5-13(11)17-14(12)19;/h2-5,8,10,16H,6-7,9H2,1H3,(H,17,19);1H/t10-;/m0./s1. The molecule has 0 radical (unpaired) electrons. The van der Waals surface area contributed by atoms with Crippen molar-refractivity contribution in [3.05, 3.63) is 46.2 Å². The summed E-state index contributed by atoms with van der Waals surface area (Å²) in [7, 11) is 0. The van der Waals surface area contributed by atoms with Crippen LogP contribution in [0.1, 0.15) is 17.3 Å². The highest BCUT2D eigenvalue weighted by Crippen LogP contribution is 2.13. The van der Waals surface area contributed by atoms with Crippen molar-refractivity contribution >= 4 is 29.2 Å². The largest absolute Gasteiger partial charge is 0.333 e. The molecule has 1 amide bonds.